The molecule has 0 aromatic carbocycles. The van der Waals surface area contributed by atoms with Gasteiger partial charge in [-0.25, -0.2) is 27.7 Å². The van der Waals surface area contributed by atoms with Gasteiger partial charge in [-0.3, -0.25) is 0 Å². The van der Waals surface area contributed by atoms with Crippen molar-refractivity contribution in [1.29, 1.82) is 0 Å². The summed E-state index contributed by atoms with van der Waals surface area (Å²) < 4.78 is 69.6. The number of piperidine rings is 1. The molecule has 1 aliphatic heterocycles. The second-order valence-electron chi connectivity index (χ2n) is 9.82. The monoisotopic (exact) mass is 531 g/mol. The van der Waals surface area contributed by atoms with Crippen LogP contribution in [0.3, 0.4) is 0 Å². The molecule has 1 saturated heterocycles. The summed E-state index contributed by atoms with van der Waals surface area (Å²) in [5, 5.41) is 13.2. The Labute approximate surface area is 208 Å². The molecule has 13 heteroatoms. The van der Waals surface area contributed by atoms with E-state index in [1.165, 1.54) is 23.7 Å². The number of ether oxygens (including phenoxy) is 1. The summed E-state index contributed by atoms with van der Waals surface area (Å²) in [6.07, 6.45) is 2.32. The maximum atomic E-state index is 12.8. The molecule has 0 bridgehead atoms. The molecule has 2 aliphatic rings. The van der Waals surface area contributed by atoms with Crippen molar-refractivity contribution in [3.63, 3.8) is 0 Å². The number of aromatic nitrogens is 3. The first-order valence-electron chi connectivity index (χ1n) is 12.2. The van der Waals surface area contributed by atoms with Crippen LogP contribution in [-0.4, -0.2) is 76.6 Å². The smallest absolute Gasteiger partial charge is 0.391 e. The van der Waals surface area contributed by atoms with E-state index in [0.29, 0.717) is 55.6 Å². The van der Waals surface area contributed by atoms with Crippen molar-refractivity contribution in [3.05, 3.63) is 18.0 Å². The van der Waals surface area contributed by atoms with Gasteiger partial charge in [-0.2, -0.15) is 13.2 Å². The van der Waals surface area contributed by atoms with Gasteiger partial charge in [0.1, 0.15) is 6.10 Å². The molecular weight excluding hydrogens is 499 g/mol. The molecule has 1 atom stereocenters. The summed E-state index contributed by atoms with van der Waals surface area (Å²) in [5.74, 6) is 0.512. The van der Waals surface area contributed by atoms with E-state index in [2.05, 4.69) is 20.3 Å². The number of pyridine rings is 1. The van der Waals surface area contributed by atoms with Crippen LogP contribution in [0.5, 0.6) is 5.88 Å². The zero-order chi connectivity index (χ0) is 26.1. The van der Waals surface area contributed by atoms with Gasteiger partial charge in [-0.1, -0.05) is 0 Å². The maximum absolute atomic E-state index is 12.8. The molecule has 0 spiro atoms. The molecule has 1 aliphatic carbocycles. The van der Waals surface area contributed by atoms with Crippen molar-refractivity contribution < 1.29 is 31.4 Å². The molecule has 1 saturated carbocycles. The van der Waals surface area contributed by atoms with E-state index in [4.69, 9.17) is 4.74 Å². The van der Waals surface area contributed by atoms with Gasteiger partial charge in [0.2, 0.25) is 21.9 Å². The first-order chi connectivity index (χ1) is 16.9. The third-order valence-corrected chi connectivity index (χ3v) is 8.11. The summed E-state index contributed by atoms with van der Waals surface area (Å²) in [6, 6.07) is -0.909. The Balaban J connectivity index is 1.60. The van der Waals surface area contributed by atoms with Crippen molar-refractivity contribution in [2.24, 2.45) is 0 Å². The van der Waals surface area contributed by atoms with Crippen molar-refractivity contribution >= 4 is 26.9 Å². The third kappa shape index (κ3) is 6.74. The lowest BCUT2D eigenvalue weighted by Crippen LogP contribution is -2.41. The fourth-order valence-corrected chi connectivity index (χ4v) is 5.80. The quantitative estimate of drug-likeness (QED) is 0.557. The highest BCUT2D eigenvalue weighted by Crippen LogP contribution is 2.38. The first kappa shape index (κ1) is 26.8. The van der Waals surface area contributed by atoms with Crippen molar-refractivity contribution in [3.8, 4) is 5.88 Å². The van der Waals surface area contributed by atoms with E-state index in [9.17, 15) is 26.7 Å². The fraction of sp³-hybridized carbons (Fsp3) is 0.696. The van der Waals surface area contributed by atoms with Gasteiger partial charge in [0, 0.05) is 37.1 Å². The third-order valence-electron chi connectivity index (χ3n) is 6.81. The van der Waals surface area contributed by atoms with Gasteiger partial charge < -0.3 is 15.2 Å². The lowest BCUT2D eigenvalue weighted by molar-refractivity contribution is -0.136. The number of aliphatic hydroxyl groups excluding tert-OH is 1. The van der Waals surface area contributed by atoms with Gasteiger partial charge in [-0.05, 0) is 51.4 Å². The lowest BCUT2D eigenvalue weighted by atomic mass is 9.83. The summed E-state index contributed by atoms with van der Waals surface area (Å²) >= 11 is 0. The van der Waals surface area contributed by atoms with E-state index < -0.39 is 28.7 Å². The molecule has 4 rings (SSSR count). The number of halogens is 3. The molecule has 0 amide bonds. The second-order valence-corrected chi connectivity index (χ2v) is 11.8. The molecule has 2 aromatic heterocycles. The van der Waals surface area contributed by atoms with Crippen LogP contribution in [0.2, 0.25) is 0 Å². The maximum Gasteiger partial charge on any atom is 0.391 e. The lowest BCUT2D eigenvalue weighted by Gasteiger charge is -2.30. The summed E-state index contributed by atoms with van der Waals surface area (Å²) in [6.45, 7) is 2.13. The Hall–Kier alpha value is -2.25. The number of nitrogens with one attached hydrogen (secondary N) is 1. The normalized spacial score (nSPS) is 23.5. The van der Waals surface area contributed by atoms with Crippen LogP contribution in [-0.2, 0) is 10.0 Å². The first-order valence-corrected chi connectivity index (χ1v) is 14.0. The number of hydrogen-bond acceptors (Lipinski definition) is 8. The number of nitrogens with zero attached hydrogens (tertiary/aromatic N) is 4. The summed E-state index contributed by atoms with van der Waals surface area (Å²) in [5.41, 5.74) is 1.41. The molecule has 9 nitrogen and oxygen atoms in total. The van der Waals surface area contributed by atoms with Crippen LogP contribution < -0.4 is 10.1 Å². The minimum atomic E-state index is -4.31. The molecule has 0 unspecified atom stereocenters. The molecular formula is C23H32F3N5O4S. The largest absolute Gasteiger partial charge is 0.474 e. The van der Waals surface area contributed by atoms with Crippen LogP contribution in [0, 0.1) is 0 Å². The van der Waals surface area contributed by atoms with Crippen LogP contribution >= 0.6 is 0 Å². The standard InChI is InChI=1S/C23H32F3N5O4S/c1-14(11-23(24,25)26)29-22-28-13-19-20(30-22)18(15-3-5-16(32)6-4-15)12-27-21(19)35-17-7-9-31(10-8-17)36(2,33)34/h12-17,32H,3-11H2,1-2H3,(H,28,29,30)/t14-,15-,16-/m0/s1. The van der Waals surface area contributed by atoms with Crippen LogP contribution in [0.1, 0.15) is 63.4 Å². The summed E-state index contributed by atoms with van der Waals surface area (Å²) in [7, 11) is -3.26. The number of alkyl halides is 3. The number of hydrogen-bond donors (Lipinski definition) is 2. The predicted molar refractivity (Wildman–Crippen MR) is 128 cm³/mol. The Morgan fingerprint density at radius 2 is 1.81 bits per heavy atom. The minimum absolute atomic E-state index is 0.0926. The van der Waals surface area contributed by atoms with Crippen LogP contribution in [0.25, 0.3) is 10.9 Å². The molecule has 2 fully saturated rings. The number of anilines is 1. The van der Waals surface area contributed by atoms with Gasteiger partial charge >= 0.3 is 6.18 Å². The zero-order valence-electron chi connectivity index (χ0n) is 20.3. The SMILES string of the molecule is C[C@@H](CC(F)(F)F)Nc1ncc2c(OC3CCN(S(C)(=O)=O)CC3)ncc([C@H]3CC[C@H](O)CC3)c2n1. The Kier molecular flexibility index (Phi) is 7.91. The Morgan fingerprint density at radius 1 is 1.14 bits per heavy atom. The van der Waals surface area contributed by atoms with Gasteiger partial charge in [0.05, 0.1) is 29.7 Å². The molecule has 2 aromatic rings. The molecule has 2 N–H and O–H groups in total. The molecule has 36 heavy (non-hydrogen) atoms. The van der Waals surface area contributed by atoms with Crippen molar-refractivity contribution in [2.75, 3.05) is 24.7 Å². The highest BCUT2D eigenvalue weighted by molar-refractivity contribution is 7.88. The van der Waals surface area contributed by atoms with E-state index >= 15 is 0 Å². The topological polar surface area (TPSA) is 118 Å². The zero-order valence-corrected chi connectivity index (χ0v) is 21.1. The van der Waals surface area contributed by atoms with E-state index in [1.807, 2.05) is 0 Å². The van der Waals surface area contributed by atoms with Crippen LogP contribution in [0.4, 0.5) is 19.1 Å². The molecule has 0 radical (unpaired) electrons. The molecule has 3 heterocycles. The Bertz CT molecular complexity index is 1160. The number of fused-ring (bicyclic) bond motifs is 1. The van der Waals surface area contributed by atoms with E-state index in [1.54, 1.807) is 6.20 Å². The van der Waals surface area contributed by atoms with E-state index in [-0.39, 0.29) is 24.1 Å². The van der Waals surface area contributed by atoms with Gasteiger partial charge in [0.15, 0.2) is 0 Å². The van der Waals surface area contributed by atoms with Crippen LogP contribution in [0.15, 0.2) is 12.4 Å². The average Bonchev–Trinajstić information content (AvgIpc) is 2.78. The van der Waals surface area contributed by atoms with Crippen molar-refractivity contribution in [2.45, 2.75) is 82.2 Å². The van der Waals surface area contributed by atoms with Crippen molar-refractivity contribution in [1.82, 2.24) is 19.3 Å². The van der Waals surface area contributed by atoms with Gasteiger partial charge in [0.25, 0.3) is 0 Å². The highest BCUT2D eigenvalue weighted by atomic mass is 32.2. The average molecular weight is 532 g/mol. The fourth-order valence-electron chi connectivity index (χ4n) is 4.92. The predicted octanol–water partition coefficient (Wildman–Crippen LogP) is 3.60. The number of sulfonamides is 1. The highest BCUT2D eigenvalue weighted by Gasteiger charge is 2.31. The number of rotatable bonds is 7. The minimum Gasteiger partial charge on any atom is -0.474 e. The molecule has 200 valence electrons. The second kappa shape index (κ2) is 10.6. The van der Waals surface area contributed by atoms with E-state index in [0.717, 1.165) is 18.4 Å². The van der Waals surface area contributed by atoms with Gasteiger partial charge in [-0.15, -0.1) is 0 Å². The number of aliphatic hydroxyl groups is 1. The summed E-state index contributed by atoms with van der Waals surface area (Å²) in [4.78, 5) is 13.4. The Morgan fingerprint density at radius 3 is 2.42 bits per heavy atom.